The fourth-order valence-electron chi connectivity index (χ4n) is 9.64. The molecular formula is C56H114. The van der Waals surface area contributed by atoms with Crippen molar-refractivity contribution in [3.63, 3.8) is 0 Å². The van der Waals surface area contributed by atoms with Crippen LogP contribution in [0.1, 0.15) is 343 Å². The normalized spacial score (nSPS) is 13.4. The van der Waals surface area contributed by atoms with Gasteiger partial charge in [0.2, 0.25) is 0 Å². The molecule has 0 heteroatoms. The van der Waals surface area contributed by atoms with Crippen molar-refractivity contribution in [2.75, 3.05) is 0 Å². The van der Waals surface area contributed by atoms with E-state index in [4.69, 9.17) is 0 Å². The summed E-state index contributed by atoms with van der Waals surface area (Å²) >= 11 is 0. The summed E-state index contributed by atoms with van der Waals surface area (Å²) in [5.41, 5.74) is 0. The van der Waals surface area contributed by atoms with Crippen LogP contribution in [0.5, 0.6) is 0 Å². The lowest BCUT2D eigenvalue weighted by Gasteiger charge is -2.20. The van der Waals surface area contributed by atoms with Crippen LogP contribution in [0.3, 0.4) is 0 Å². The SMILES string of the molecule is CCCCCCCCCCCCCCCCCCCC(CCCCCCCC(C)CCCCCC)CCC(C)CCCCCCCCCCCCCCCCC. The summed E-state index contributed by atoms with van der Waals surface area (Å²) in [5.74, 6) is 2.91. The molecule has 0 rings (SSSR count). The summed E-state index contributed by atoms with van der Waals surface area (Å²) in [6.45, 7) is 12.1. The van der Waals surface area contributed by atoms with Crippen molar-refractivity contribution in [2.24, 2.45) is 17.8 Å². The molecule has 3 unspecified atom stereocenters. The van der Waals surface area contributed by atoms with E-state index in [0.29, 0.717) is 0 Å². The van der Waals surface area contributed by atoms with Crippen LogP contribution in [0.4, 0.5) is 0 Å². The van der Waals surface area contributed by atoms with Gasteiger partial charge < -0.3 is 0 Å². The van der Waals surface area contributed by atoms with Crippen molar-refractivity contribution in [1.82, 2.24) is 0 Å². The molecule has 0 aromatic carbocycles. The Morgan fingerprint density at radius 3 is 0.607 bits per heavy atom. The van der Waals surface area contributed by atoms with Crippen molar-refractivity contribution < 1.29 is 0 Å². The first kappa shape index (κ1) is 56.0. The summed E-state index contributed by atoms with van der Waals surface area (Å²) in [6.07, 6.45) is 71.0. The van der Waals surface area contributed by atoms with E-state index < -0.39 is 0 Å². The second-order valence-electron chi connectivity index (χ2n) is 20.0. The second-order valence-corrected chi connectivity index (χ2v) is 20.0. The molecule has 56 heavy (non-hydrogen) atoms. The summed E-state index contributed by atoms with van der Waals surface area (Å²) in [7, 11) is 0. The van der Waals surface area contributed by atoms with Crippen molar-refractivity contribution in [2.45, 2.75) is 343 Å². The lowest BCUT2D eigenvalue weighted by molar-refractivity contribution is 0.334. The van der Waals surface area contributed by atoms with E-state index in [0.717, 1.165) is 17.8 Å². The Balaban J connectivity index is 4.08. The summed E-state index contributed by atoms with van der Waals surface area (Å²) < 4.78 is 0. The van der Waals surface area contributed by atoms with Gasteiger partial charge in [0.1, 0.15) is 0 Å². The van der Waals surface area contributed by atoms with E-state index >= 15 is 0 Å². The maximum Gasteiger partial charge on any atom is -0.0414 e. The first-order valence-corrected chi connectivity index (χ1v) is 27.6. The highest BCUT2D eigenvalue weighted by molar-refractivity contribution is 4.65. The average molecular weight is 788 g/mol. The predicted octanol–water partition coefficient (Wildman–Crippen LogP) is 21.7. The highest BCUT2D eigenvalue weighted by Gasteiger charge is 2.12. The van der Waals surface area contributed by atoms with E-state index in [1.54, 1.807) is 0 Å². The van der Waals surface area contributed by atoms with Crippen LogP contribution in [-0.2, 0) is 0 Å². The Hall–Kier alpha value is 0. The van der Waals surface area contributed by atoms with Crippen LogP contribution in [0.25, 0.3) is 0 Å². The zero-order valence-corrected chi connectivity index (χ0v) is 40.7. The van der Waals surface area contributed by atoms with Crippen LogP contribution in [0.15, 0.2) is 0 Å². The largest absolute Gasteiger partial charge is 0.0654 e. The minimum Gasteiger partial charge on any atom is -0.0654 e. The molecule has 0 radical (unpaired) electrons. The molecule has 0 saturated carbocycles. The van der Waals surface area contributed by atoms with Gasteiger partial charge in [-0.3, -0.25) is 0 Å². The first-order valence-electron chi connectivity index (χ1n) is 27.6. The number of hydrogen-bond donors (Lipinski definition) is 0. The van der Waals surface area contributed by atoms with E-state index in [2.05, 4.69) is 34.6 Å². The van der Waals surface area contributed by atoms with Crippen LogP contribution in [-0.4, -0.2) is 0 Å². The molecule has 0 saturated heterocycles. The molecule has 0 aromatic heterocycles. The Labute approximate surface area is 359 Å². The molecule has 0 N–H and O–H groups in total. The zero-order chi connectivity index (χ0) is 40.7. The third-order valence-electron chi connectivity index (χ3n) is 13.9. The maximum absolute atomic E-state index is 2.58. The van der Waals surface area contributed by atoms with Gasteiger partial charge in [0.05, 0.1) is 0 Å². The molecule has 0 bridgehead atoms. The monoisotopic (exact) mass is 787 g/mol. The fraction of sp³-hybridized carbons (Fsp3) is 1.00. The molecule has 0 aromatic rings. The van der Waals surface area contributed by atoms with Gasteiger partial charge in [0, 0.05) is 0 Å². The molecule has 0 nitrogen and oxygen atoms in total. The quantitative estimate of drug-likeness (QED) is 0.0539. The average Bonchev–Trinajstić information content (AvgIpc) is 3.20. The molecule has 0 aliphatic rings. The maximum atomic E-state index is 2.58. The molecule has 0 fully saturated rings. The smallest absolute Gasteiger partial charge is 0.0414 e. The van der Waals surface area contributed by atoms with Gasteiger partial charge in [-0.25, -0.2) is 0 Å². The van der Waals surface area contributed by atoms with Gasteiger partial charge in [-0.05, 0) is 17.8 Å². The fourth-order valence-corrected chi connectivity index (χ4v) is 9.64. The lowest BCUT2D eigenvalue weighted by Crippen LogP contribution is -2.05. The van der Waals surface area contributed by atoms with Gasteiger partial charge in [0.25, 0.3) is 0 Å². The van der Waals surface area contributed by atoms with Gasteiger partial charge in [-0.1, -0.05) is 343 Å². The van der Waals surface area contributed by atoms with Crippen LogP contribution in [0, 0.1) is 17.8 Å². The van der Waals surface area contributed by atoms with Crippen molar-refractivity contribution in [3.05, 3.63) is 0 Å². The van der Waals surface area contributed by atoms with Crippen molar-refractivity contribution in [1.29, 1.82) is 0 Å². The minimum atomic E-state index is 0.944. The van der Waals surface area contributed by atoms with Gasteiger partial charge in [0.15, 0.2) is 0 Å². The molecule has 3 atom stereocenters. The molecule has 0 amide bonds. The molecular weight excluding hydrogens is 673 g/mol. The van der Waals surface area contributed by atoms with Crippen LogP contribution >= 0.6 is 0 Å². The third kappa shape index (κ3) is 46.7. The van der Waals surface area contributed by atoms with Gasteiger partial charge in [-0.15, -0.1) is 0 Å². The molecule has 0 aliphatic heterocycles. The van der Waals surface area contributed by atoms with E-state index in [-0.39, 0.29) is 0 Å². The molecule has 0 heterocycles. The van der Waals surface area contributed by atoms with Crippen LogP contribution < -0.4 is 0 Å². The minimum absolute atomic E-state index is 0.944. The van der Waals surface area contributed by atoms with E-state index in [9.17, 15) is 0 Å². The number of unbranched alkanes of at least 4 members (excludes halogenated alkanes) is 37. The zero-order valence-electron chi connectivity index (χ0n) is 40.7. The Morgan fingerprint density at radius 2 is 0.357 bits per heavy atom. The Morgan fingerprint density at radius 1 is 0.179 bits per heavy atom. The lowest BCUT2D eigenvalue weighted by atomic mass is 9.86. The first-order chi connectivity index (χ1) is 27.6. The highest BCUT2D eigenvalue weighted by Crippen LogP contribution is 2.27. The van der Waals surface area contributed by atoms with Gasteiger partial charge >= 0.3 is 0 Å². The summed E-state index contributed by atoms with van der Waals surface area (Å²) in [5, 5.41) is 0. The molecule has 0 aliphatic carbocycles. The van der Waals surface area contributed by atoms with E-state index in [1.807, 2.05) is 0 Å². The van der Waals surface area contributed by atoms with Crippen molar-refractivity contribution >= 4 is 0 Å². The second kappa shape index (κ2) is 49.4. The standard InChI is InChI=1S/C56H114/c1-6-9-12-15-17-19-21-23-25-26-28-30-32-34-36-40-45-50-56(51-46-41-37-39-43-48-54(4)47-42-14-11-8-3)53-52-55(5)49-44-38-35-33-31-29-27-24-22-20-18-16-13-10-7-2/h54-56H,6-53H2,1-5H3. The summed E-state index contributed by atoms with van der Waals surface area (Å²) in [4.78, 5) is 0. The van der Waals surface area contributed by atoms with E-state index in [1.165, 1.54) is 308 Å². The van der Waals surface area contributed by atoms with Gasteiger partial charge in [-0.2, -0.15) is 0 Å². The van der Waals surface area contributed by atoms with Crippen molar-refractivity contribution in [3.8, 4) is 0 Å². The van der Waals surface area contributed by atoms with Crippen LogP contribution in [0.2, 0.25) is 0 Å². The number of hydrogen-bond acceptors (Lipinski definition) is 0. The topological polar surface area (TPSA) is 0 Å². The Kier molecular flexibility index (Phi) is 49.4. The molecule has 338 valence electrons. The predicted molar refractivity (Wildman–Crippen MR) is 260 cm³/mol. The highest BCUT2D eigenvalue weighted by atomic mass is 14.2. The number of rotatable bonds is 50. The Bertz CT molecular complexity index is 665. The molecule has 0 spiro atoms. The summed E-state index contributed by atoms with van der Waals surface area (Å²) in [6, 6.07) is 0. The third-order valence-corrected chi connectivity index (χ3v) is 13.9.